The van der Waals surface area contributed by atoms with E-state index in [0.717, 1.165) is 19.6 Å². The Morgan fingerprint density at radius 2 is 1.75 bits per heavy atom. The molecule has 0 atom stereocenters. The van der Waals surface area contributed by atoms with Crippen LogP contribution in [0.3, 0.4) is 0 Å². The van der Waals surface area contributed by atoms with Gasteiger partial charge in [0.1, 0.15) is 0 Å². The van der Waals surface area contributed by atoms with Crippen LogP contribution in [0.5, 0.6) is 0 Å². The molecule has 0 unspecified atom stereocenters. The molecule has 0 bridgehead atoms. The van der Waals surface area contributed by atoms with Gasteiger partial charge in [-0.05, 0) is 13.6 Å². The minimum atomic E-state index is 0.616. The fraction of sp³-hybridized carbons (Fsp3) is 1.00. The summed E-state index contributed by atoms with van der Waals surface area (Å²) in [5.41, 5.74) is 0. The molecule has 0 saturated carbocycles. The van der Waals surface area contributed by atoms with E-state index in [1.165, 1.54) is 0 Å². The molecular weight excluding hydrogens is 148 g/mol. The van der Waals surface area contributed by atoms with Gasteiger partial charge in [0.05, 0.1) is 0 Å². The van der Waals surface area contributed by atoms with Crippen LogP contribution in [0.2, 0.25) is 0 Å². The van der Waals surface area contributed by atoms with Crippen LogP contribution in [0.1, 0.15) is 34.6 Å². The van der Waals surface area contributed by atoms with E-state index < -0.39 is 0 Å². The zero-order valence-corrected chi connectivity index (χ0v) is 9.65. The first-order valence-electron chi connectivity index (χ1n) is 5.08. The normalized spacial score (nSPS) is 10.0. The Labute approximate surface area is 78.3 Å². The van der Waals surface area contributed by atoms with Crippen molar-refractivity contribution in [2.45, 2.75) is 40.7 Å². The van der Waals surface area contributed by atoms with Crippen molar-refractivity contribution in [3.8, 4) is 0 Å². The van der Waals surface area contributed by atoms with E-state index in [0.29, 0.717) is 6.04 Å². The van der Waals surface area contributed by atoms with Crippen molar-refractivity contribution >= 4 is 0 Å². The third-order valence-electron chi connectivity index (χ3n) is 1.59. The highest BCUT2D eigenvalue weighted by atomic mass is 15.1. The number of hydrogen-bond acceptors (Lipinski definition) is 2. The lowest BCUT2D eigenvalue weighted by molar-refractivity contribution is 0.344. The molecule has 0 aliphatic heterocycles. The molecule has 0 heterocycles. The molecule has 2 nitrogen and oxygen atoms in total. The predicted molar refractivity (Wildman–Crippen MR) is 57.7 cm³/mol. The Morgan fingerprint density at radius 1 is 1.25 bits per heavy atom. The van der Waals surface area contributed by atoms with Gasteiger partial charge in [0, 0.05) is 19.1 Å². The molecule has 0 rings (SSSR count). The van der Waals surface area contributed by atoms with E-state index in [9.17, 15) is 0 Å². The summed E-state index contributed by atoms with van der Waals surface area (Å²) in [7, 11) is 2.14. The van der Waals surface area contributed by atoms with Crippen LogP contribution in [0.15, 0.2) is 0 Å². The van der Waals surface area contributed by atoms with E-state index >= 15 is 0 Å². The van der Waals surface area contributed by atoms with E-state index in [1.54, 1.807) is 0 Å². The molecule has 0 aromatic heterocycles. The molecule has 0 saturated heterocycles. The van der Waals surface area contributed by atoms with Crippen LogP contribution in [0.25, 0.3) is 0 Å². The first-order valence-corrected chi connectivity index (χ1v) is 5.08. The molecule has 0 radical (unpaired) electrons. The van der Waals surface area contributed by atoms with Gasteiger partial charge in [0.2, 0.25) is 0 Å². The summed E-state index contributed by atoms with van der Waals surface area (Å²) in [6, 6.07) is 0.616. The minimum absolute atomic E-state index is 0.616. The number of hydrogen-bond donors (Lipinski definition) is 1. The van der Waals surface area contributed by atoms with Crippen molar-refractivity contribution in [1.29, 1.82) is 0 Å². The van der Waals surface area contributed by atoms with Gasteiger partial charge in [-0.1, -0.05) is 34.6 Å². The molecule has 2 heteroatoms. The first kappa shape index (κ1) is 14.4. The molecule has 0 aromatic rings. The third kappa shape index (κ3) is 12.6. The zero-order chi connectivity index (χ0) is 9.98. The van der Waals surface area contributed by atoms with E-state index in [4.69, 9.17) is 0 Å². The number of rotatable bonds is 5. The van der Waals surface area contributed by atoms with E-state index in [1.807, 2.05) is 13.8 Å². The summed E-state index contributed by atoms with van der Waals surface area (Å²) >= 11 is 0. The summed E-state index contributed by atoms with van der Waals surface area (Å²) in [6.07, 6.45) is 0. The molecule has 0 amide bonds. The molecule has 0 fully saturated rings. The standard InChI is InChI=1S/C8H20N2.C2H6/c1-5-10(4)7-6-9-8(2)3;1-2/h8-9H,5-7H2,1-4H3;1-2H3. The smallest absolute Gasteiger partial charge is 0.0104 e. The highest BCUT2D eigenvalue weighted by Gasteiger charge is 1.94. The fourth-order valence-electron chi connectivity index (χ4n) is 0.702. The van der Waals surface area contributed by atoms with Gasteiger partial charge in [0.25, 0.3) is 0 Å². The summed E-state index contributed by atoms with van der Waals surface area (Å²) < 4.78 is 0. The minimum Gasteiger partial charge on any atom is -0.313 e. The average Bonchev–Trinajstić information content (AvgIpc) is 2.07. The summed E-state index contributed by atoms with van der Waals surface area (Å²) in [5, 5.41) is 3.37. The van der Waals surface area contributed by atoms with Crippen molar-refractivity contribution in [3.63, 3.8) is 0 Å². The SMILES string of the molecule is CC.CCN(C)CCNC(C)C. The van der Waals surface area contributed by atoms with E-state index in [-0.39, 0.29) is 0 Å². The highest BCUT2D eigenvalue weighted by Crippen LogP contribution is 1.79. The Kier molecular flexibility index (Phi) is 13.1. The fourth-order valence-corrected chi connectivity index (χ4v) is 0.702. The molecule has 12 heavy (non-hydrogen) atoms. The zero-order valence-electron chi connectivity index (χ0n) is 9.65. The maximum atomic E-state index is 3.37. The third-order valence-corrected chi connectivity index (χ3v) is 1.59. The lowest BCUT2D eigenvalue weighted by atomic mass is 10.4. The maximum Gasteiger partial charge on any atom is 0.0104 e. The van der Waals surface area contributed by atoms with Crippen LogP contribution in [-0.2, 0) is 0 Å². The summed E-state index contributed by atoms with van der Waals surface area (Å²) in [4.78, 5) is 2.30. The van der Waals surface area contributed by atoms with Crippen molar-refractivity contribution in [2.75, 3.05) is 26.7 Å². The molecular formula is C10H26N2. The molecule has 0 aliphatic rings. The number of nitrogens with zero attached hydrogens (tertiary/aromatic N) is 1. The van der Waals surface area contributed by atoms with Gasteiger partial charge < -0.3 is 10.2 Å². The first-order chi connectivity index (χ1) is 5.66. The molecule has 0 spiro atoms. The van der Waals surface area contributed by atoms with Gasteiger partial charge in [-0.15, -0.1) is 0 Å². The number of nitrogens with one attached hydrogen (secondary N) is 1. The van der Waals surface area contributed by atoms with Crippen molar-refractivity contribution in [1.82, 2.24) is 10.2 Å². The maximum absolute atomic E-state index is 3.37. The monoisotopic (exact) mass is 174 g/mol. The second-order valence-electron chi connectivity index (χ2n) is 3.00. The van der Waals surface area contributed by atoms with Gasteiger partial charge in [-0.25, -0.2) is 0 Å². The van der Waals surface area contributed by atoms with Gasteiger partial charge >= 0.3 is 0 Å². The summed E-state index contributed by atoms with van der Waals surface area (Å²) in [5.74, 6) is 0. The van der Waals surface area contributed by atoms with Gasteiger partial charge in [-0.3, -0.25) is 0 Å². The van der Waals surface area contributed by atoms with Gasteiger partial charge in [-0.2, -0.15) is 0 Å². The molecule has 76 valence electrons. The topological polar surface area (TPSA) is 15.3 Å². The second-order valence-corrected chi connectivity index (χ2v) is 3.00. The van der Waals surface area contributed by atoms with Crippen LogP contribution in [0, 0.1) is 0 Å². The Hall–Kier alpha value is -0.0800. The van der Waals surface area contributed by atoms with Crippen molar-refractivity contribution < 1.29 is 0 Å². The van der Waals surface area contributed by atoms with E-state index in [2.05, 4.69) is 38.0 Å². The van der Waals surface area contributed by atoms with Crippen molar-refractivity contribution in [2.24, 2.45) is 0 Å². The lowest BCUT2D eigenvalue weighted by Crippen LogP contribution is -2.32. The number of likely N-dealkylation sites (N-methyl/N-ethyl adjacent to an activating group) is 1. The largest absolute Gasteiger partial charge is 0.313 e. The summed E-state index contributed by atoms with van der Waals surface area (Å²) in [6.45, 7) is 13.9. The van der Waals surface area contributed by atoms with Crippen LogP contribution >= 0.6 is 0 Å². The van der Waals surface area contributed by atoms with Crippen LogP contribution < -0.4 is 5.32 Å². The Bertz CT molecular complexity index is 72.2. The second kappa shape index (κ2) is 10.9. The molecule has 0 aliphatic carbocycles. The lowest BCUT2D eigenvalue weighted by Gasteiger charge is -2.15. The van der Waals surface area contributed by atoms with Crippen molar-refractivity contribution in [3.05, 3.63) is 0 Å². The quantitative estimate of drug-likeness (QED) is 0.685. The Balaban J connectivity index is 0. The van der Waals surface area contributed by atoms with Gasteiger partial charge in [0.15, 0.2) is 0 Å². The molecule has 1 N–H and O–H groups in total. The highest BCUT2D eigenvalue weighted by molar-refractivity contribution is 4.55. The average molecular weight is 174 g/mol. The van der Waals surface area contributed by atoms with Crippen LogP contribution in [-0.4, -0.2) is 37.6 Å². The molecule has 0 aromatic carbocycles. The Morgan fingerprint density at radius 3 is 2.08 bits per heavy atom. The van der Waals surface area contributed by atoms with Crippen LogP contribution in [0.4, 0.5) is 0 Å². The predicted octanol–water partition coefficient (Wildman–Crippen LogP) is 1.96.